The van der Waals surface area contributed by atoms with Gasteiger partial charge in [0.2, 0.25) is 0 Å². The molecule has 4 nitrogen and oxygen atoms in total. The summed E-state index contributed by atoms with van der Waals surface area (Å²) in [6, 6.07) is 18.6. The highest BCUT2D eigenvalue weighted by molar-refractivity contribution is 6.03. The molecule has 0 aliphatic rings. The van der Waals surface area contributed by atoms with Crippen LogP contribution in [0.4, 0.5) is 8.78 Å². The second-order valence-electron chi connectivity index (χ2n) is 6.50. The molecular weight excluding hydrogens is 390 g/mol. The summed E-state index contributed by atoms with van der Waals surface area (Å²) in [5.41, 5.74) is 0.987. The standard InChI is InChI=1S/C24H20F2O4/c25-21-11-5-1-7-17(21)13-15-29-23(27)19-9-3-4-10-20(19)24(28)30-16-14-18-8-2-6-12-22(18)26/h1-12H,13-16H2. The van der Waals surface area contributed by atoms with Gasteiger partial charge in [0.05, 0.1) is 24.3 Å². The van der Waals surface area contributed by atoms with Crippen molar-refractivity contribution in [2.24, 2.45) is 0 Å². The average molecular weight is 410 g/mol. The van der Waals surface area contributed by atoms with E-state index < -0.39 is 11.9 Å². The zero-order valence-corrected chi connectivity index (χ0v) is 16.1. The minimum absolute atomic E-state index is 0.0313. The van der Waals surface area contributed by atoms with Crippen LogP contribution in [0.2, 0.25) is 0 Å². The number of carbonyl (C=O) groups is 2. The molecule has 0 bridgehead atoms. The van der Waals surface area contributed by atoms with Gasteiger partial charge in [0.25, 0.3) is 0 Å². The van der Waals surface area contributed by atoms with Crippen molar-refractivity contribution in [1.82, 2.24) is 0 Å². The third kappa shape index (κ3) is 5.50. The lowest BCUT2D eigenvalue weighted by atomic mass is 10.1. The number of hydrogen-bond donors (Lipinski definition) is 0. The number of esters is 2. The van der Waals surface area contributed by atoms with Crippen molar-refractivity contribution < 1.29 is 27.8 Å². The van der Waals surface area contributed by atoms with Gasteiger partial charge >= 0.3 is 11.9 Å². The Morgan fingerprint density at radius 3 is 1.37 bits per heavy atom. The molecule has 0 saturated heterocycles. The summed E-state index contributed by atoms with van der Waals surface area (Å²) in [4.78, 5) is 24.8. The van der Waals surface area contributed by atoms with E-state index >= 15 is 0 Å². The molecule has 0 heterocycles. The molecule has 0 radical (unpaired) electrons. The smallest absolute Gasteiger partial charge is 0.339 e. The number of halogens is 2. The summed E-state index contributed by atoms with van der Waals surface area (Å²) in [5.74, 6) is -2.14. The second kappa shape index (κ2) is 10.3. The second-order valence-corrected chi connectivity index (χ2v) is 6.50. The van der Waals surface area contributed by atoms with Crippen molar-refractivity contribution in [2.45, 2.75) is 12.8 Å². The van der Waals surface area contributed by atoms with Gasteiger partial charge in [-0.1, -0.05) is 48.5 Å². The zero-order valence-electron chi connectivity index (χ0n) is 16.1. The fourth-order valence-electron chi connectivity index (χ4n) is 2.90. The van der Waals surface area contributed by atoms with E-state index in [2.05, 4.69) is 0 Å². The van der Waals surface area contributed by atoms with E-state index in [1.54, 1.807) is 48.5 Å². The van der Waals surface area contributed by atoms with Crippen molar-refractivity contribution in [2.75, 3.05) is 13.2 Å². The fourth-order valence-corrected chi connectivity index (χ4v) is 2.90. The molecule has 0 amide bonds. The van der Waals surface area contributed by atoms with Gasteiger partial charge in [-0.05, 0) is 35.4 Å². The van der Waals surface area contributed by atoms with Crippen LogP contribution in [0.25, 0.3) is 0 Å². The molecule has 0 aliphatic carbocycles. The maximum atomic E-state index is 13.6. The van der Waals surface area contributed by atoms with Crippen LogP contribution in [0.1, 0.15) is 31.8 Å². The Bertz CT molecular complexity index is 950. The molecule has 0 unspecified atom stereocenters. The van der Waals surface area contributed by atoms with E-state index in [4.69, 9.17) is 9.47 Å². The topological polar surface area (TPSA) is 52.6 Å². The highest BCUT2D eigenvalue weighted by Crippen LogP contribution is 2.14. The van der Waals surface area contributed by atoms with E-state index in [1.165, 1.54) is 24.3 Å². The molecule has 0 N–H and O–H groups in total. The first-order chi connectivity index (χ1) is 14.6. The summed E-state index contributed by atoms with van der Waals surface area (Å²) in [5, 5.41) is 0. The first-order valence-electron chi connectivity index (χ1n) is 9.46. The zero-order chi connectivity index (χ0) is 21.3. The van der Waals surface area contributed by atoms with Crippen molar-refractivity contribution >= 4 is 11.9 Å². The first-order valence-corrected chi connectivity index (χ1v) is 9.46. The Morgan fingerprint density at radius 1 is 0.600 bits per heavy atom. The molecule has 0 saturated carbocycles. The lowest BCUT2D eigenvalue weighted by molar-refractivity contribution is 0.0461. The molecule has 154 valence electrons. The van der Waals surface area contributed by atoms with Crippen molar-refractivity contribution in [3.63, 3.8) is 0 Å². The predicted octanol–water partition coefficient (Wildman–Crippen LogP) is 4.76. The molecule has 3 aromatic carbocycles. The number of benzene rings is 3. The van der Waals surface area contributed by atoms with Crippen molar-refractivity contribution in [3.05, 3.63) is 107 Å². The summed E-state index contributed by atoms with van der Waals surface area (Å²) in [7, 11) is 0. The summed E-state index contributed by atoms with van der Waals surface area (Å²) in [6.45, 7) is -0.0626. The highest BCUT2D eigenvalue weighted by atomic mass is 19.1. The maximum absolute atomic E-state index is 13.6. The van der Waals surface area contributed by atoms with Crippen LogP contribution in [0.3, 0.4) is 0 Å². The Morgan fingerprint density at radius 2 is 0.967 bits per heavy atom. The first kappa shape index (κ1) is 21.2. The van der Waals surface area contributed by atoms with Crippen LogP contribution in [0, 0.1) is 11.6 Å². The van der Waals surface area contributed by atoms with Crippen LogP contribution in [0.5, 0.6) is 0 Å². The van der Waals surface area contributed by atoms with Crippen LogP contribution in [-0.2, 0) is 22.3 Å². The SMILES string of the molecule is O=C(OCCc1ccccc1F)c1ccccc1C(=O)OCCc1ccccc1F. The summed E-state index contributed by atoms with van der Waals surface area (Å²) < 4.78 is 37.7. The molecule has 0 spiro atoms. The van der Waals surface area contributed by atoms with Gasteiger partial charge in [0, 0.05) is 12.8 Å². The molecule has 0 fully saturated rings. The van der Waals surface area contributed by atoms with Crippen LogP contribution >= 0.6 is 0 Å². The molecule has 0 aliphatic heterocycles. The van der Waals surface area contributed by atoms with Crippen LogP contribution in [-0.4, -0.2) is 25.2 Å². The Balaban J connectivity index is 1.57. The number of carbonyl (C=O) groups excluding carboxylic acids is 2. The summed E-state index contributed by atoms with van der Waals surface area (Å²) >= 11 is 0. The van der Waals surface area contributed by atoms with E-state index in [9.17, 15) is 18.4 Å². The van der Waals surface area contributed by atoms with E-state index in [0.717, 1.165) is 0 Å². The Labute approximate surface area is 173 Å². The Hall–Kier alpha value is -3.54. The van der Waals surface area contributed by atoms with Crippen LogP contribution < -0.4 is 0 Å². The minimum atomic E-state index is -0.701. The van der Waals surface area contributed by atoms with Crippen molar-refractivity contribution in [3.8, 4) is 0 Å². The monoisotopic (exact) mass is 410 g/mol. The number of rotatable bonds is 8. The largest absolute Gasteiger partial charge is 0.462 e. The Kier molecular flexibility index (Phi) is 7.27. The number of ether oxygens (including phenoxy) is 2. The molecule has 0 atom stereocenters. The average Bonchev–Trinajstić information content (AvgIpc) is 2.76. The number of hydrogen-bond acceptors (Lipinski definition) is 4. The third-order valence-electron chi connectivity index (χ3n) is 4.49. The van der Waals surface area contributed by atoms with Gasteiger partial charge in [0.15, 0.2) is 0 Å². The van der Waals surface area contributed by atoms with E-state index in [0.29, 0.717) is 11.1 Å². The van der Waals surface area contributed by atoms with Gasteiger partial charge in [-0.2, -0.15) is 0 Å². The molecular formula is C24H20F2O4. The minimum Gasteiger partial charge on any atom is -0.462 e. The lowest BCUT2D eigenvalue weighted by Crippen LogP contribution is -2.16. The van der Waals surface area contributed by atoms with Crippen LogP contribution in [0.15, 0.2) is 72.8 Å². The van der Waals surface area contributed by atoms with Gasteiger partial charge in [-0.3, -0.25) is 0 Å². The fraction of sp³-hybridized carbons (Fsp3) is 0.167. The highest BCUT2D eigenvalue weighted by Gasteiger charge is 2.19. The van der Waals surface area contributed by atoms with Gasteiger partial charge in [-0.15, -0.1) is 0 Å². The van der Waals surface area contributed by atoms with E-state index in [-0.39, 0.29) is 48.8 Å². The van der Waals surface area contributed by atoms with E-state index in [1.807, 2.05) is 0 Å². The quantitative estimate of drug-likeness (QED) is 0.503. The molecule has 3 aromatic rings. The maximum Gasteiger partial charge on any atom is 0.339 e. The van der Waals surface area contributed by atoms with Gasteiger partial charge in [0.1, 0.15) is 11.6 Å². The molecule has 3 rings (SSSR count). The van der Waals surface area contributed by atoms with Gasteiger partial charge < -0.3 is 9.47 Å². The molecule has 30 heavy (non-hydrogen) atoms. The normalized spacial score (nSPS) is 10.5. The molecule has 6 heteroatoms. The van der Waals surface area contributed by atoms with Crippen molar-refractivity contribution in [1.29, 1.82) is 0 Å². The third-order valence-corrected chi connectivity index (χ3v) is 4.49. The molecule has 0 aromatic heterocycles. The lowest BCUT2D eigenvalue weighted by Gasteiger charge is -2.10. The predicted molar refractivity (Wildman–Crippen MR) is 107 cm³/mol. The van der Waals surface area contributed by atoms with Gasteiger partial charge in [-0.25, -0.2) is 18.4 Å². The summed E-state index contributed by atoms with van der Waals surface area (Å²) in [6.07, 6.45) is 0.432.